The predicted molar refractivity (Wildman–Crippen MR) is 126 cm³/mol. The lowest BCUT2D eigenvalue weighted by molar-refractivity contribution is -0.248. The lowest BCUT2D eigenvalue weighted by Gasteiger charge is -2.44. The molecular weight excluding hydrogens is 402 g/mol. The third kappa shape index (κ3) is 2.29. The van der Waals surface area contributed by atoms with Crippen molar-refractivity contribution in [2.45, 2.75) is 64.6 Å². The molecule has 2 unspecified atom stereocenters. The highest BCUT2D eigenvalue weighted by atomic mass is 16.6. The number of amides is 1. The molecule has 1 amide bonds. The summed E-state index contributed by atoms with van der Waals surface area (Å²) in [5.41, 5.74) is 5.36. The summed E-state index contributed by atoms with van der Waals surface area (Å²) >= 11 is 0. The van der Waals surface area contributed by atoms with Crippen LogP contribution in [0.15, 0.2) is 36.5 Å². The molecule has 2 aromatic carbocycles. The zero-order valence-electron chi connectivity index (χ0n) is 19.1. The van der Waals surface area contributed by atoms with Crippen LogP contribution in [0.1, 0.15) is 51.0 Å². The first-order valence-electron chi connectivity index (χ1n) is 11.7. The number of benzene rings is 2. The van der Waals surface area contributed by atoms with E-state index in [1.54, 1.807) is 7.11 Å². The summed E-state index contributed by atoms with van der Waals surface area (Å²) in [4.78, 5) is 12.4. The zero-order chi connectivity index (χ0) is 22.2. The van der Waals surface area contributed by atoms with Crippen LogP contribution in [0.25, 0.3) is 32.7 Å². The molecule has 6 nitrogen and oxygen atoms in total. The van der Waals surface area contributed by atoms with Gasteiger partial charge in [-0.05, 0) is 43.0 Å². The van der Waals surface area contributed by atoms with Crippen molar-refractivity contribution in [1.82, 2.24) is 14.5 Å². The van der Waals surface area contributed by atoms with Crippen molar-refractivity contribution in [3.05, 3.63) is 47.7 Å². The Morgan fingerprint density at radius 3 is 2.72 bits per heavy atom. The lowest BCUT2D eigenvalue weighted by Crippen LogP contribution is -2.49. The number of para-hydroxylation sites is 1. The minimum atomic E-state index is -0.585. The molecule has 1 N–H and O–H groups in total. The molecule has 5 heterocycles. The summed E-state index contributed by atoms with van der Waals surface area (Å²) in [6.45, 7) is 6.72. The molecule has 7 rings (SSSR count). The van der Waals surface area contributed by atoms with Crippen molar-refractivity contribution in [3.63, 3.8) is 0 Å². The first-order chi connectivity index (χ1) is 15.6. The number of rotatable bonds is 1. The maximum atomic E-state index is 12.4. The van der Waals surface area contributed by atoms with E-state index in [9.17, 15) is 4.79 Å². The van der Waals surface area contributed by atoms with Crippen molar-refractivity contribution in [2.75, 3.05) is 7.11 Å². The number of carbonyl (C=O) groups excluding carboxylic acids is 1. The molecule has 0 saturated carbocycles. The quantitative estimate of drug-likeness (QED) is 0.464. The van der Waals surface area contributed by atoms with Gasteiger partial charge in [-0.3, -0.25) is 4.79 Å². The van der Waals surface area contributed by atoms with Crippen molar-refractivity contribution >= 4 is 38.6 Å². The molecule has 6 heteroatoms. The zero-order valence-corrected chi connectivity index (χ0v) is 19.1. The smallest absolute Gasteiger partial charge is 0.224 e. The molecule has 1 fully saturated rings. The van der Waals surface area contributed by atoms with Gasteiger partial charge in [0.15, 0.2) is 5.72 Å². The van der Waals surface area contributed by atoms with Crippen LogP contribution >= 0.6 is 0 Å². The minimum Gasteiger partial charge on any atom is -0.376 e. The second kappa shape index (κ2) is 6.83. The first kappa shape index (κ1) is 19.8. The molecule has 1 saturated heterocycles. The van der Waals surface area contributed by atoms with Crippen LogP contribution in [0, 0.1) is 0 Å². The Morgan fingerprint density at radius 2 is 1.91 bits per heavy atom. The van der Waals surface area contributed by atoms with Crippen molar-refractivity contribution in [2.24, 2.45) is 0 Å². The van der Waals surface area contributed by atoms with Gasteiger partial charge in [0.25, 0.3) is 0 Å². The van der Waals surface area contributed by atoms with Crippen LogP contribution in [-0.4, -0.2) is 28.3 Å². The third-order valence-corrected chi connectivity index (χ3v) is 7.51. The average Bonchev–Trinajstić information content (AvgIpc) is 3.38. The molecule has 3 aliphatic heterocycles. The highest BCUT2D eigenvalue weighted by molar-refractivity contribution is 6.20. The Bertz CT molecular complexity index is 1400. The van der Waals surface area contributed by atoms with E-state index in [0.717, 1.165) is 12.8 Å². The van der Waals surface area contributed by atoms with E-state index in [1.165, 1.54) is 43.8 Å². The first-order valence-corrected chi connectivity index (χ1v) is 11.7. The van der Waals surface area contributed by atoms with Crippen LogP contribution in [0.5, 0.6) is 0 Å². The van der Waals surface area contributed by atoms with Gasteiger partial charge in [-0.2, -0.15) is 0 Å². The average molecular weight is 432 g/mol. The summed E-state index contributed by atoms with van der Waals surface area (Å²) in [5.74, 6) is 0.0932. The van der Waals surface area contributed by atoms with Gasteiger partial charge in [-0.25, -0.2) is 0 Å². The van der Waals surface area contributed by atoms with Crippen LogP contribution in [0.4, 0.5) is 0 Å². The second-order valence-electron chi connectivity index (χ2n) is 8.90. The molecule has 4 aromatic rings. The molecule has 0 radical (unpaired) electrons. The van der Waals surface area contributed by atoms with Crippen molar-refractivity contribution in [1.29, 1.82) is 0 Å². The molecule has 166 valence electrons. The number of fused-ring (bicyclic) bond motifs is 10. The Balaban J connectivity index is 0.000000953. The van der Waals surface area contributed by atoms with Gasteiger partial charge >= 0.3 is 0 Å². The standard InChI is InChI=1S/C24H23N3O3.C2H6/c1-24-18(29-2)7-8-20(30-24)27-17-6-4-3-5-14(17)21-15-11-19(28)25-12-16(15)13-9-10-26(24)22(13)23(21)27;1-2/h3-6,9-10,18,20H,7-8,11-12H2,1-2H3,(H,25,28);1-2H3/t18-,20?,24?;/m1./s1. The van der Waals surface area contributed by atoms with Crippen LogP contribution in [-0.2, 0) is 33.0 Å². The van der Waals surface area contributed by atoms with E-state index in [4.69, 9.17) is 9.47 Å². The fourth-order valence-corrected chi connectivity index (χ4v) is 6.21. The van der Waals surface area contributed by atoms with E-state index >= 15 is 0 Å². The summed E-state index contributed by atoms with van der Waals surface area (Å²) in [7, 11) is 1.78. The topological polar surface area (TPSA) is 57.4 Å². The maximum absolute atomic E-state index is 12.4. The fourth-order valence-electron chi connectivity index (χ4n) is 6.21. The van der Waals surface area contributed by atoms with E-state index in [1.807, 2.05) is 13.8 Å². The number of hydrogen-bond acceptors (Lipinski definition) is 3. The van der Waals surface area contributed by atoms with Gasteiger partial charge in [-0.15, -0.1) is 0 Å². The number of nitrogens with zero attached hydrogens (tertiary/aromatic N) is 2. The van der Waals surface area contributed by atoms with Crippen LogP contribution in [0.2, 0.25) is 0 Å². The van der Waals surface area contributed by atoms with Crippen molar-refractivity contribution in [3.8, 4) is 0 Å². The van der Waals surface area contributed by atoms with Gasteiger partial charge < -0.3 is 23.9 Å². The van der Waals surface area contributed by atoms with E-state index in [2.05, 4.69) is 57.9 Å². The monoisotopic (exact) mass is 431 g/mol. The number of aromatic nitrogens is 2. The molecule has 2 aromatic heterocycles. The second-order valence-corrected chi connectivity index (χ2v) is 8.90. The van der Waals surface area contributed by atoms with Crippen LogP contribution < -0.4 is 5.32 Å². The number of nitrogens with one attached hydrogen (secondary N) is 1. The van der Waals surface area contributed by atoms with Gasteiger partial charge in [0.1, 0.15) is 12.3 Å². The Hall–Kier alpha value is -2.83. The highest BCUT2D eigenvalue weighted by Gasteiger charge is 2.47. The van der Waals surface area contributed by atoms with Gasteiger partial charge in [0.2, 0.25) is 5.91 Å². The number of hydrogen-bond donors (Lipinski definition) is 1. The molecule has 0 spiro atoms. The lowest BCUT2D eigenvalue weighted by atomic mass is 9.92. The number of ether oxygens (including phenoxy) is 2. The Morgan fingerprint density at radius 1 is 1.09 bits per heavy atom. The molecule has 2 bridgehead atoms. The number of carbonyl (C=O) groups is 1. The van der Waals surface area contributed by atoms with Crippen LogP contribution in [0.3, 0.4) is 0 Å². The largest absolute Gasteiger partial charge is 0.376 e. The summed E-state index contributed by atoms with van der Waals surface area (Å²) < 4.78 is 17.4. The predicted octanol–water partition coefficient (Wildman–Crippen LogP) is 4.96. The summed E-state index contributed by atoms with van der Waals surface area (Å²) in [5, 5.41) is 6.67. The molecular formula is C26H29N3O3. The van der Waals surface area contributed by atoms with E-state index in [-0.39, 0.29) is 18.2 Å². The fraction of sp³-hybridized carbons (Fsp3) is 0.423. The molecule has 3 aliphatic rings. The van der Waals surface area contributed by atoms with E-state index < -0.39 is 5.72 Å². The van der Waals surface area contributed by atoms with E-state index in [0.29, 0.717) is 13.0 Å². The van der Waals surface area contributed by atoms with Crippen molar-refractivity contribution < 1.29 is 14.3 Å². The number of methoxy groups -OCH3 is 1. The maximum Gasteiger partial charge on any atom is 0.224 e. The minimum absolute atomic E-state index is 0.0222. The molecule has 32 heavy (non-hydrogen) atoms. The summed E-state index contributed by atoms with van der Waals surface area (Å²) in [6, 6.07) is 10.7. The van der Waals surface area contributed by atoms with Gasteiger partial charge in [0, 0.05) is 36.0 Å². The van der Waals surface area contributed by atoms with Gasteiger partial charge in [-0.1, -0.05) is 32.0 Å². The summed E-state index contributed by atoms with van der Waals surface area (Å²) in [6.07, 6.45) is 4.30. The molecule has 0 aliphatic carbocycles. The SMILES string of the molecule is CC.CO[C@@H]1CCC2OC1(C)n1ccc3c4c(c5c6ccccc6n2c5c31)CC(=O)NC4. The highest BCUT2D eigenvalue weighted by Crippen LogP contribution is 2.50. The normalized spacial score (nSPS) is 26.1. The Kier molecular flexibility index (Phi) is 4.23. The third-order valence-electron chi connectivity index (χ3n) is 7.51. The molecule has 3 atom stereocenters. The Labute approximate surface area is 187 Å². The van der Waals surface area contributed by atoms with Gasteiger partial charge in [0.05, 0.1) is 23.0 Å².